The van der Waals surface area contributed by atoms with Crippen LogP contribution in [0.15, 0.2) is 0 Å². The summed E-state index contributed by atoms with van der Waals surface area (Å²) in [4.78, 5) is 2.72. The van der Waals surface area contributed by atoms with Crippen molar-refractivity contribution in [2.75, 3.05) is 19.7 Å². The molecule has 0 aromatic rings. The molecule has 1 saturated carbocycles. The number of likely N-dealkylation sites (tertiary alicyclic amines) is 1. The Hall–Kier alpha value is -0.120. The minimum absolute atomic E-state index is 0.264. The molecule has 0 aromatic heterocycles. The van der Waals surface area contributed by atoms with Crippen molar-refractivity contribution >= 4 is 0 Å². The summed E-state index contributed by atoms with van der Waals surface area (Å²) >= 11 is 0. The van der Waals surface area contributed by atoms with Crippen LogP contribution in [0.4, 0.5) is 0 Å². The fourth-order valence-electron chi connectivity index (χ4n) is 4.03. The Balaban J connectivity index is 1.80. The van der Waals surface area contributed by atoms with Gasteiger partial charge in [-0.25, -0.2) is 0 Å². The van der Waals surface area contributed by atoms with E-state index < -0.39 is 0 Å². The molecule has 1 saturated heterocycles. The second kappa shape index (κ2) is 7.61. The molecule has 0 bridgehead atoms. The van der Waals surface area contributed by atoms with Crippen LogP contribution in [0.5, 0.6) is 0 Å². The summed E-state index contributed by atoms with van der Waals surface area (Å²) in [5.41, 5.74) is 0. The van der Waals surface area contributed by atoms with Crippen molar-refractivity contribution < 1.29 is 5.11 Å². The molecule has 3 unspecified atom stereocenters. The maximum atomic E-state index is 9.46. The number of hydrogen-bond donors (Lipinski definition) is 2. The lowest BCUT2D eigenvalue weighted by Crippen LogP contribution is -2.49. The molecule has 0 radical (unpaired) electrons. The summed E-state index contributed by atoms with van der Waals surface area (Å²) in [5.74, 6) is 0.966. The minimum Gasteiger partial charge on any atom is -0.395 e. The standard InChI is InChI=1S/C16H32N2O/c1-13(2)17-15(12-19)9-11-18-10-5-7-14-6-3-4-8-16(14)18/h13-17,19H,3-12H2,1-2H3. The van der Waals surface area contributed by atoms with Gasteiger partial charge in [-0.2, -0.15) is 0 Å². The molecule has 2 N–H and O–H groups in total. The van der Waals surface area contributed by atoms with Crippen molar-refractivity contribution in [2.45, 2.75) is 76.9 Å². The topological polar surface area (TPSA) is 35.5 Å². The Morgan fingerprint density at radius 3 is 2.63 bits per heavy atom. The highest BCUT2D eigenvalue weighted by Gasteiger charge is 2.32. The van der Waals surface area contributed by atoms with Crippen LogP contribution in [0.25, 0.3) is 0 Å². The lowest BCUT2D eigenvalue weighted by molar-refractivity contribution is 0.0551. The van der Waals surface area contributed by atoms with E-state index in [9.17, 15) is 5.11 Å². The van der Waals surface area contributed by atoms with Crippen LogP contribution in [-0.2, 0) is 0 Å². The summed E-state index contributed by atoms with van der Waals surface area (Å²) in [6, 6.07) is 1.57. The van der Waals surface area contributed by atoms with Gasteiger partial charge in [0.2, 0.25) is 0 Å². The van der Waals surface area contributed by atoms with E-state index in [1.165, 1.54) is 45.1 Å². The number of nitrogens with zero attached hydrogens (tertiary/aromatic N) is 1. The SMILES string of the molecule is CC(C)NC(CO)CCN1CCCC2CCCCC21. The molecule has 3 heteroatoms. The van der Waals surface area contributed by atoms with Gasteiger partial charge < -0.3 is 15.3 Å². The average molecular weight is 268 g/mol. The molecule has 19 heavy (non-hydrogen) atoms. The van der Waals surface area contributed by atoms with E-state index in [0.29, 0.717) is 6.04 Å². The molecule has 2 fully saturated rings. The number of aliphatic hydroxyl groups excluding tert-OH is 1. The number of piperidine rings is 1. The Morgan fingerprint density at radius 2 is 1.89 bits per heavy atom. The third kappa shape index (κ3) is 4.44. The molecular formula is C16H32N2O. The Labute approximate surface area is 118 Å². The first-order valence-corrected chi connectivity index (χ1v) is 8.31. The molecule has 1 heterocycles. The summed E-state index contributed by atoms with van der Waals surface area (Å²) in [6.45, 7) is 7.01. The van der Waals surface area contributed by atoms with Crippen LogP contribution in [-0.4, -0.2) is 47.8 Å². The number of nitrogens with one attached hydrogen (secondary N) is 1. The van der Waals surface area contributed by atoms with Crippen molar-refractivity contribution in [2.24, 2.45) is 5.92 Å². The number of hydrogen-bond acceptors (Lipinski definition) is 3. The third-order valence-electron chi connectivity index (χ3n) is 4.91. The van der Waals surface area contributed by atoms with E-state index in [-0.39, 0.29) is 12.6 Å². The summed E-state index contributed by atoms with van der Waals surface area (Å²) in [7, 11) is 0. The predicted octanol–water partition coefficient (Wildman–Crippen LogP) is 2.39. The maximum absolute atomic E-state index is 9.46. The van der Waals surface area contributed by atoms with Gasteiger partial charge in [-0.1, -0.05) is 26.7 Å². The van der Waals surface area contributed by atoms with Gasteiger partial charge in [-0.15, -0.1) is 0 Å². The van der Waals surface area contributed by atoms with Crippen LogP contribution in [0.2, 0.25) is 0 Å². The van der Waals surface area contributed by atoms with Crippen molar-refractivity contribution in [3.8, 4) is 0 Å². The minimum atomic E-state index is 0.264. The molecule has 3 atom stereocenters. The molecule has 0 spiro atoms. The van der Waals surface area contributed by atoms with Crippen molar-refractivity contribution in [1.29, 1.82) is 0 Å². The number of rotatable bonds is 6. The lowest BCUT2D eigenvalue weighted by atomic mass is 9.78. The zero-order valence-corrected chi connectivity index (χ0v) is 12.8. The van der Waals surface area contributed by atoms with E-state index in [2.05, 4.69) is 24.1 Å². The van der Waals surface area contributed by atoms with Crippen LogP contribution in [0.3, 0.4) is 0 Å². The number of aliphatic hydroxyl groups is 1. The molecule has 3 nitrogen and oxygen atoms in total. The summed E-state index contributed by atoms with van der Waals surface area (Å²) < 4.78 is 0. The van der Waals surface area contributed by atoms with Crippen LogP contribution in [0, 0.1) is 5.92 Å². The van der Waals surface area contributed by atoms with E-state index in [4.69, 9.17) is 0 Å². The van der Waals surface area contributed by atoms with Crippen molar-refractivity contribution in [1.82, 2.24) is 10.2 Å². The smallest absolute Gasteiger partial charge is 0.0585 e. The van der Waals surface area contributed by atoms with Gasteiger partial charge in [0.1, 0.15) is 0 Å². The second-order valence-corrected chi connectivity index (χ2v) is 6.78. The molecule has 1 aliphatic heterocycles. The Bertz CT molecular complexity index is 255. The van der Waals surface area contributed by atoms with Gasteiger partial charge in [0.25, 0.3) is 0 Å². The number of fused-ring (bicyclic) bond motifs is 1. The molecular weight excluding hydrogens is 236 g/mol. The highest BCUT2D eigenvalue weighted by Crippen LogP contribution is 2.35. The first-order valence-electron chi connectivity index (χ1n) is 8.31. The van der Waals surface area contributed by atoms with Gasteiger partial charge in [0.05, 0.1) is 6.61 Å². The zero-order chi connectivity index (χ0) is 13.7. The van der Waals surface area contributed by atoms with Crippen LogP contribution >= 0.6 is 0 Å². The third-order valence-corrected chi connectivity index (χ3v) is 4.91. The fourth-order valence-corrected chi connectivity index (χ4v) is 4.03. The van der Waals surface area contributed by atoms with Gasteiger partial charge in [-0.05, 0) is 44.6 Å². The maximum Gasteiger partial charge on any atom is 0.0585 e. The largest absolute Gasteiger partial charge is 0.395 e. The summed E-state index contributed by atoms with van der Waals surface area (Å²) in [6.07, 6.45) is 9.64. The van der Waals surface area contributed by atoms with Crippen molar-refractivity contribution in [3.05, 3.63) is 0 Å². The van der Waals surface area contributed by atoms with E-state index in [1.54, 1.807) is 0 Å². The monoisotopic (exact) mass is 268 g/mol. The summed E-state index contributed by atoms with van der Waals surface area (Å²) in [5, 5.41) is 12.9. The normalized spacial score (nSPS) is 30.3. The van der Waals surface area contributed by atoms with E-state index in [1.807, 2.05) is 0 Å². The Morgan fingerprint density at radius 1 is 1.16 bits per heavy atom. The molecule has 0 aromatic carbocycles. The van der Waals surface area contributed by atoms with Gasteiger partial charge in [-0.3, -0.25) is 0 Å². The first kappa shape index (κ1) is 15.3. The fraction of sp³-hybridized carbons (Fsp3) is 1.00. The highest BCUT2D eigenvalue weighted by atomic mass is 16.3. The highest BCUT2D eigenvalue weighted by molar-refractivity contribution is 4.87. The molecule has 2 rings (SSSR count). The second-order valence-electron chi connectivity index (χ2n) is 6.78. The molecule has 112 valence electrons. The van der Waals surface area contributed by atoms with Gasteiger partial charge in [0, 0.05) is 24.7 Å². The molecule has 2 aliphatic rings. The van der Waals surface area contributed by atoms with E-state index in [0.717, 1.165) is 24.9 Å². The lowest BCUT2D eigenvalue weighted by Gasteiger charge is -2.44. The van der Waals surface area contributed by atoms with Crippen LogP contribution in [0.1, 0.15) is 58.8 Å². The van der Waals surface area contributed by atoms with Crippen LogP contribution < -0.4 is 5.32 Å². The molecule has 0 amide bonds. The quantitative estimate of drug-likeness (QED) is 0.776. The average Bonchev–Trinajstić information content (AvgIpc) is 2.43. The Kier molecular flexibility index (Phi) is 6.11. The zero-order valence-electron chi connectivity index (χ0n) is 12.8. The van der Waals surface area contributed by atoms with Gasteiger partial charge >= 0.3 is 0 Å². The predicted molar refractivity (Wildman–Crippen MR) is 80.3 cm³/mol. The first-order chi connectivity index (χ1) is 9.20. The molecule has 1 aliphatic carbocycles. The van der Waals surface area contributed by atoms with E-state index >= 15 is 0 Å². The van der Waals surface area contributed by atoms with Gasteiger partial charge in [0.15, 0.2) is 0 Å². The van der Waals surface area contributed by atoms with Crippen molar-refractivity contribution in [3.63, 3.8) is 0 Å².